The maximum Gasteiger partial charge on any atom is 0.111 e. The van der Waals surface area contributed by atoms with Crippen molar-refractivity contribution >= 4 is 11.0 Å². The summed E-state index contributed by atoms with van der Waals surface area (Å²) < 4.78 is 2.44. The number of imidazole rings is 1. The highest BCUT2D eigenvalue weighted by atomic mass is 15.1. The van der Waals surface area contributed by atoms with Crippen molar-refractivity contribution in [3.8, 4) is 0 Å². The van der Waals surface area contributed by atoms with Crippen molar-refractivity contribution in [1.29, 1.82) is 0 Å². The number of likely N-dealkylation sites (tertiary alicyclic amines) is 1. The Kier molecular flexibility index (Phi) is 5.11. The third-order valence-corrected chi connectivity index (χ3v) is 4.57. The molecule has 0 aliphatic carbocycles. The highest BCUT2D eigenvalue weighted by Gasteiger charge is 2.14. The first-order valence-corrected chi connectivity index (χ1v) is 8.55. The van der Waals surface area contributed by atoms with Gasteiger partial charge in [-0.05, 0) is 65.1 Å². The first-order valence-electron chi connectivity index (χ1n) is 8.55. The normalized spacial score (nSPS) is 16.1. The summed E-state index contributed by atoms with van der Waals surface area (Å²) in [6, 6.07) is 8.55. The molecule has 4 nitrogen and oxygen atoms in total. The monoisotopic (exact) mass is 300 g/mol. The molecule has 0 saturated carbocycles. The van der Waals surface area contributed by atoms with E-state index in [2.05, 4.69) is 52.7 Å². The molecule has 0 spiro atoms. The van der Waals surface area contributed by atoms with Crippen LogP contribution in [-0.2, 0) is 13.0 Å². The number of benzene rings is 1. The maximum absolute atomic E-state index is 4.89. The highest BCUT2D eigenvalue weighted by Crippen LogP contribution is 2.18. The average Bonchev–Trinajstić information content (AvgIpc) is 3.13. The number of rotatable bonds is 7. The molecule has 0 radical (unpaired) electrons. The van der Waals surface area contributed by atoms with E-state index >= 15 is 0 Å². The van der Waals surface area contributed by atoms with Gasteiger partial charge < -0.3 is 14.4 Å². The van der Waals surface area contributed by atoms with E-state index in [-0.39, 0.29) is 0 Å². The second-order valence-corrected chi connectivity index (χ2v) is 6.62. The van der Waals surface area contributed by atoms with Gasteiger partial charge in [0, 0.05) is 19.5 Å². The molecular formula is C18H28N4. The molecule has 1 aliphatic heterocycles. The first-order chi connectivity index (χ1) is 10.7. The quantitative estimate of drug-likeness (QED) is 0.785. The van der Waals surface area contributed by atoms with Crippen LogP contribution in [0.2, 0.25) is 0 Å². The van der Waals surface area contributed by atoms with E-state index in [0.29, 0.717) is 0 Å². The minimum Gasteiger partial charge on any atom is -0.328 e. The van der Waals surface area contributed by atoms with E-state index in [1.54, 1.807) is 0 Å². The molecule has 0 amide bonds. The Morgan fingerprint density at radius 2 is 1.86 bits per heavy atom. The largest absolute Gasteiger partial charge is 0.328 e. The molecule has 1 aromatic heterocycles. The van der Waals surface area contributed by atoms with E-state index in [0.717, 1.165) is 31.6 Å². The van der Waals surface area contributed by atoms with Crippen LogP contribution in [0.3, 0.4) is 0 Å². The topological polar surface area (TPSA) is 24.3 Å². The van der Waals surface area contributed by atoms with Crippen molar-refractivity contribution in [2.75, 3.05) is 40.3 Å². The highest BCUT2D eigenvalue weighted by molar-refractivity contribution is 5.75. The summed E-state index contributed by atoms with van der Waals surface area (Å²) in [6.45, 7) is 5.87. The first kappa shape index (κ1) is 15.5. The molecule has 0 atom stereocenters. The summed E-state index contributed by atoms with van der Waals surface area (Å²) in [5.74, 6) is 1.26. The molecule has 2 aromatic rings. The van der Waals surface area contributed by atoms with Gasteiger partial charge in [-0.15, -0.1) is 0 Å². The van der Waals surface area contributed by atoms with Crippen molar-refractivity contribution in [2.24, 2.45) is 0 Å². The summed E-state index contributed by atoms with van der Waals surface area (Å²) in [5, 5.41) is 0. The summed E-state index contributed by atoms with van der Waals surface area (Å²) in [4.78, 5) is 9.72. The minimum atomic E-state index is 1.06. The molecule has 0 N–H and O–H groups in total. The van der Waals surface area contributed by atoms with Gasteiger partial charge in [-0.2, -0.15) is 0 Å². The van der Waals surface area contributed by atoms with Crippen molar-refractivity contribution < 1.29 is 0 Å². The molecule has 0 bridgehead atoms. The Balaban J connectivity index is 1.74. The molecule has 1 fully saturated rings. The standard InChI is InChI=1S/C18H28N4/c1-20(2)11-7-14-22-17-9-4-3-8-16(17)19-18(22)10-15-21-12-5-6-13-21/h3-4,8-9H,5-7,10-15H2,1-2H3. The Hall–Kier alpha value is -1.39. The van der Waals surface area contributed by atoms with Crippen LogP contribution >= 0.6 is 0 Å². The lowest BCUT2D eigenvalue weighted by Gasteiger charge is -2.16. The Morgan fingerprint density at radius 1 is 1.09 bits per heavy atom. The number of nitrogens with zero attached hydrogens (tertiary/aromatic N) is 4. The smallest absolute Gasteiger partial charge is 0.111 e. The zero-order chi connectivity index (χ0) is 15.4. The lowest BCUT2D eigenvalue weighted by Crippen LogP contribution is -2.23. The zero-order valence-corrected chi connectivity index (χ0v) is 14.0. The fourth-order valence-electron chi connectivity index (χ4n) is 3.38. The van der Waals surface area contributed by atoms with Crippen LogP contribution in [0, 0.1) is 0 Å². The van der Waals surface area contributed by atoms with Gasteiger partial charge in [0.1, 0.15) is 5.82 Å². The van der Waals surface area contributed by atoms with Crippen LogP contribution in [0.25, 0.3) is 11.0 Å². The Morgan fingerprint density at radius 3 is 2.64 bits per heavy atom. The van der Waals surface area contributed by atoms with Gasteiger partial charge in [-0.1, -0.05) is 12.1 Å². The minimum absolute atomic E-state index is 1.06. The summed E-state index contributed by atoms with van der Waals surface area (Å²) in [7, 11) is 4.28. The number of hydrogen-bond acceptors (Lipinski definition) is 3. The van der Waals surface area contributed by atoms with E-state index < -0.39 is 0 Å². The molecular weight excluding hydrogens is 272 g/mol. The van der Waals surface area contributed by atoms with E-state index in [1.165, 1.54) is 43.7 Å². The Bertz CT molecular complexity index is 596. The van der Waals surface area contributed by atoms with Crippen molar-refractivity contribution in [1.82, 2.24) is 19.4 Å². The van der Waals surface area contributed by atoms with Crippen LogP contribution in [0.5, 0.6) is 0 Å². The fraction of sp³-hybridized carbons (Fsp3) is 0.611. The van der Waals surface area contributed by atoms with Gasteiger partial charge in [0.05, 0.1) is 11.0 Å². The molecule has 120 valence electrons. The number of fused-ring (bicyclic) bond motifs is 1. The number of aryl methyl sites for hydroxylation is 1. The van der Waals surface area contributed by atoms with Crippen LogP contribution < -0.4 is 0 Å². The van der Waals surface area contributed by atoms with E-state index in [4.69, 9.17) is 4.98 Å². The Labute approximate surface area is 133 Å². The zero-order valence-electron chi connectivity index (χ0n) is 14.0. The lowest BCUT2D eigenvalue weighted by atomic mass is 10.3. The number of aromatic nitrogens is 2. The van der Waals surface area contributed by atoms with E-state index in [9.17, 15) is 0 Å². The van der Waals surface area contributed by atoms with Crippen LogP contribution in [0.1, 0.15) is 25.1 Å². The SMILES string of the molecule is CN(C)CCCn1c(CCN2CCCC2)nc2ccccc21. The molecule has 22 heavy (non-hydrogen) atoms. The fourth-order valence-corrected chi connectivity index (χ4v) is 3.38. The molecule has 1 aromatic carbocycles. The molecule has 3 rings (SSSR count). The second kappa shape index (κ2) is 7.25. The van der Waals surface area contributed by atoms with Gasteiger partial charge in [-0.25, -0.2) is 4.98 Å². The van der Waals surface area contributed by atoms with Gasteiger partial charge in [0.2, 0.25) is 0 Å². The maximum atomic E-state index is 4.89. The van der Waals surface area contributed by atoms with Crippen LogP contribution in [-0.4, -0.2) is 59.6 Å². The van der Waals surface area contributed by atoms with Gasteiger partial charge in [-0.3, -0.25) is 0 Å². The molecule has 1 aliphatic rings. The van der Waals surface area contributed by atoms with Crippen LogP contribution in [0.15, 0.2) is 24.3 Å². The number of para-hydroxylation sites is 2. The predicted octanol–water partition coefficient (Wildman–Crippen LogP) is 2.63. The third kappa shape index (κ3) is 3.68. The lowest BCUT2D eigenvalue weighted by molar-refractivity contribution is 0.337. The average molecular weight is 300 g/mol. The molecule has 1 saturated heterocycles. The molecule has 0 unspecified atom stereocenters. The van der Waals surface area contributed by atoms with E-state index in [1.807, 2.05) is 0 Å². The van der Waals surface area contributed by atoms with Gasteiger partial charge in [0.25, 0.3) is 0 Å². The summed E-state index contributed by atoms with van der Waals surface area (Å²) in [6.07, 6.45) is 4.96. The van der Waals surface area contributed by atoms with Crippen molar-refractivity contribution in [3.05, 3.63) is 30.1 Å². The summed E-state index contributed by atoms with van der Waals surface area (Å²) >= 11 is 0. The van der Waals surface area contributed by atoms with Gasteiger partial charge in [0.15, 0.2) is 0 Å². The third-order valence-electron chi connectivity index (χ3n) is 4.57. The van der Waals surface area contributed by atoms with Crippen LogP contribution in [0.4, 0.5) is 0 Å². The summed E-state index contributed by atoms with van der Waals surface area (Å²) in [5.41, 5.74) is 2.43. The second-order valence-electron chi connectivity index (χ2n) is 6.62. The van der Waals surface area contributed by atoms with Gasteiger partial charge >= 0.3 is 0 Å². The van der Waals surface area contributed by atoms with Crippen molar-refractivity contribution in [3.63, 3.8) is 0 Å². The van der Waals surface area contributed by atoms with Crippen molar-refractivity contribution in [2.45, 2.75) is 32.2 Å². The predicted molar refractivity (Wildman–Crippen MR) is 92.3 cm³/mol. The molecule has 4 heteroatoms. The number of hydrogen-bond donors (Lipinski definition) is 0. The molecule has 2 heterocycles.